The summed E-state index contributed by atoms with van der Waals surface area (Å²) in [5, 5.41) is 28.0. The third kappa shape index (κ3) is 2.53. The van der Waals surface area contributed by atoms with E-state index in [1.165, 1.54) is 19.1 Å². The first kappa shape index (κ1) is 13.0. The van der Waals surface area contributed by atoms with Crippen molar-refractivity contribution in [3.8, 4) is 5.75 Å². The Balaban J connectivity index is 3.34. The van der Waals surface area contributed by atoms with E-state index in [1.54, 1.807) is 0 Å². The number of carboxylic acid groups (broad SMARTS) is 1. The van der Waals surface area contributed by atoms with Gasteiger partial charge in [-0.2, -0.15) is 0 Å². The van der Waals surface area contributed by atoms with Gasteiger partial charge in [0.25, 0.3) is 0 Å². The SMILES string of the molecule is CC(O)(C(=O)O)c1cc(I)c(O)c(I)c1. The zero-order valence-corrected chi connectivity index (χ0v) is 12.0. The van der Waals surface area contributed by atoms with Crippen molar-refractivity contribution in [1.82, 2.24) is 0 Å². The molecule has 1 aromatic carbocycles. The van der Waals surface area contributed by atoms with E-state index in [4.69, 9.17) is 5.11 Å². The first-order valence-corrected chi connectivity index (χ1v) is 6.07. The molecule has 0 fully saturated rings. The van der Waals surface area contributed by atoms with Gasteiger partial charge in [-0.15, -0.1) is 0 Å². The van der Waals surface area contributed by atoms with Gasteiger partial charge in [-0.3, -0.25) is 0 Å². The van der Waals surface area contributed by atoms with Crippen molar-refractivity contribution in [2.24, 2.45) is 0 Å². The predicted molar refractivity (Wildman–Crippen MR) is 70.7 cm³/mol. The highest BCUT2D eigenvalue weighted by atomic mass is 127. The minimum Gasteiger partial charge on any atom is -0.506 e. The molecule has 0 radical (unpaired) electrons. The van der Waals surface area contributed by atoms with Crippen molar-refractivity contribution < 1.29 is 20.1 Å². The molecule has 0 bridgehead atoms. The molecule has 1 aromatic rings. The Labute approximate surface area is 114 Å². The molecule has 1 atom stereocenters. The maximum absolute atomic E-state index is 10.8. The van der Waals surface area contributed by atoms with E-state index in [1.807, 2.05) is 45.2 Å². The lowest BCUT2D eigenvalue weighted by Gasteiger charge is -2.19. The van der Waals surface area contributed by atoms with Crippen LogP contribution < -0.4 is 0 Å². The summed E-state index contributed by atoms with van der Waals surface area (Å²) in [6.07, 6.45) is 0. The first-order chi connectivity index (χ1) is 6.76. The van der Waals surface area contributed by atoms with Crippen LogP contribution in [0.3, 0.4) is 0 Å². The minimum atomic E-state index is -1.94. The molecule has 15 heavy (non-hydrogen) atoms. The van der Waals surface area contributed by atoms with Gasteiger partial charge in [-0.25, -0.2) is 4.79 Å². The number of rotatable bonds is 2. The highest BCUT2D eigenvalue weighted by molar-refractivity contribution is 14.1. The topological polar surface area (TPSA) is 77.8 Å². The molecule has 0 spiro atoms. The summed E-state index contributed by atoms with van der Waals surface area (Å²) in [7, 11) is 0. The maximum atomic E-state index is 10.8. The molecule has 1 rings (SSSR count). The predicted octanol–water partition coefficient (Wildman–Crippen LogP) is 1.89. The monoisotopic (exact) mass is 434 g/mol. The third-order valence-corrected chi connectivity index (χ3v) is 3.64. The highest BCUT2D eigenvalue weighted by Crippen LogP contribution is 2.31. The Bertz CT molecular complexity index is 392. The number of phenolic OH excluding ortho intramolecular Hbond substituents is 1. The lowest BCUT2D eigenvalue weighted by Crippen LogP contribution is -2.32. The van der Waals surface area contributed by atoms with E-state index in [9.17, 15) is 15.0 Å². The zero-order valence-electron chi connectivity index (χ0n) is 7.66. The fraction of sp³-hybridized carbons (Fsp3) is 0.222. The van der Waals surface area contributed by atoms with E-state index in [-0.39, 0.29) is 11.3 Å². The van der Waals surface area contributed by atoms with Crippen LogP contribution >= 0.6 is 45.2 Å². The number of halogens is 2. The standard InChI is InChI=1S/C9H8I2O4/c1-9(15,8(13)14)4-2-5(10)7(12)6(11)3-4/h2-3,12,15H,1H3,(H,13,14). The van der Waals surface area contributed by atoms with Crippen LogP contribution in [0.5, 0.6) is 5.75 Å². The molecule has 0 amide bonds. The van der Waals surface area contributed by atoms with Gasteiger partial charge in [0.05, 0.1) is 7.14 Å². The first-order valence-electron chi connectivity index (χ1n) is 3.91. The summed E-state index contributed by atoms with van der Waals surface area (Å²) in [6.45, 7) is 1.20. The molecule has 0 saturated carbocycles. The van der Waals surface area contributed by atoms with E-state index >= 15 is 0 Å². The number of hydrogen-bond donors (Lipinski definition) is 3. The number of carbonyl (C=O) groups is 1. The average molecular weight is 434 g/mol. The van der Waals surface area contributed by atoms with Crippen LogP contribution in [-0.4, -0.2) is 21.3 Å². The van der Waals surface area contributed by atoms with Crippen LogP contribution in [0.2, 0.25) is 0 Å². The minimum absolute atomic E-state index is 0.0983. The zero-order chi connectivity index (χ0) is 11.8. The van der Waals surface area contributed by atoms with Gasteiger partial charge in [0.1, 0.15) is 5.75 Å². The molecule has 0 aromatic heterocycles. The van der Waals surface area contributed by atoms with Crippen molar-refractivity contribution in [1.29, 1.82) is 0 Å². The van der Waals surface area contributed by atoms with Gasteiger partial charge < -0.3 is 15.3 Å². The maximum Gasteiger partial charge on any atom is 0.340 e. The van der Waals surface area contributed by atoms with Crippen LogP contribution in [0.1, 0.15) is 12.5 Å². The molecule has 0 saturated heterocycles. The van der Waals surface area contributed by atoms with Crippen molar-refractivity contribution >= 4 is 51.2 Å². The average Bonchev–Trinajstić information content (AvgIpc) is 2.13. The molecule has 4 nitrogen and oxygen atoms in total. The summed E-state index contributed by atoms with van der Waals surface area (Å²) in [5.74, 6) is -1.22. The number of hydrogen-bond acceptors (Lipinski definition) is 3. The fourth-order valence-electron chi connectivity index (χ4n) is 0.970. The lowest BCUT2D eigenvalue weighted by molar-refractivity contribution is -0.157. The number of benzene rings is 1. The van der Waals surface area contributed by atoms with E-state index in [0.29, 0.717) is 7.14 Å². The van der Waals surface area contributed by atoms with Crippen molar-refractivity contribution in [3.63, 3.8) is 0 Å². The Morgan fingerprint density at radius 1 is 1.33 bits per heavy atom. The Morgan fingerprint density at radius 2 is 1.73 bits per heavy atom. The van der Waals surface area contributed by atoms with Crippen LogP contribution in [0.25, 0.3) is 0 Å². The van der Waals surface area contributed by atoms with Crippen molar-refractivity contribution in [2.45, 2.75) is 12.5 Å². The second kappa shape index (κ2) is 4.42. The molecular weight excluding hydrogens is 426 g/mol. The number of aromatic hydroxyl groups is 1. The van der Waals surface area contributed by atoms with Gasteiger partial charge in [0, 0.05) is 0 Å². The van der Waals surface area contributed by atoms with E-state index in [0.717, 1.165) is 0 Å². The number of aliphatic carboxylic acids is 1. The smallest absolute Gasteiger partial charge is 0.340 e. The highest BCUT2D eigenvalue weighted by Gasteiger charge is 2.33. The molecule has 3 N–H and O–H groups in total. The number of phenols is 1. The molecular formula is C9H8I2O4. The number of carboxylic acids is 1. The van der Waals surface area contributed by atoms with Crippen molar-refractivity contribution in [3.05, 3.63) is 24.8 Å². The van der Waals surface area contributed by atoms with Gasteiger partial charge >= 0.3 is 5.97 Å². The lowest BCUT2D eigenvalue weighted by atomic mass is 9.96. The normalized spacial score (nSPS) is 14.7. The van der Waals surface area contributed by atoms with Gasteiger partial charge in [0.2, 0.25) is 0 Å². The summed E-state index contributed by atoms with van der Waals surface area (Å²) in [5.41, 5.74) is -1.69. The fourth-order valence-corrected chi connectivity index (χ4v) is 2.74. The Hall–Kier alpha value is -0.0900. The largest absolute Gasteiger partial charge is 0.506 e. The van der Waals surface area contributed by atoms with Crippen LogP contribution in [-0.2, 0) is 10.4 Å². The Kier molecular flexibility index (Phi) is 3.82. The molecule has 82 valence electrons. The quantitative estimate of drug-likeness (QED) is 0.622. The summed E-state index contributed by atoms with van der Waals surface area (Å²) in [6, 6.07) is 2.90. The van der Waals surface area contributed by atoms with Gasteiger partial charge in [0.15, 0.2) is 5.60 Å². The second-order valence-electron chi connectivity index (χ2n) is 3.17. The van der Waals surface area contributed by atoms with Crippen LogP contribution in [0.15, 0.2) is 12.1 Å². The van der Waals surface area contributed by atoms with Crippen LogP contribution in [0, 0.1) is 7.14 Å². The van der Waals surface area contributed by atoms with Gasteiger partial charge in [-0.05, 0) is 69.8 Å². The Morgan fingerprint density at radius 3 is 2.07 bits per heavy atom. The van der Waals surface area contributed by atoms with Gasteiger partial charge in [-0.1, -0.05) is 0 Å². The van der Waals surface area contributed by atoms with Crippen LogP contribution in [0.4, 0.5) is 0 Å². The molecule has 0 aliphatic heterocycles. The van der Waals surface area contributed by atoms with Crippen molar-refractivity contribution in [2.75, 3.05) is 0 Å². The molecule has 6 heteroatoms. The second-order valence-corrected chi connectivity index (χ2v) is 5.49. The number of aliphatic hydroxyl groups is 1. The summed E-state index contributed by atoms with van der Waals surface area (Å²) < 4.78 is 1.02. The van der Waals surface area contributed by atoms with E-state index in [2.05, 4.69) is 0 Å². The molecule has 0 aliphatic rings. The molecule has 1 unspecified atom stereocenters. The summed E-state index contributed by atoms with van der Waals surface area (Å²) >= 11 is 3.76. The molecule has 0 aliphatic carbocycles. The summed E-state index contributed by atoms with van der Waals surface area (Å²) in [4.78, 5) is 10.8. The third-order valence-electron chi connectivity index (χ3n) is 2.00. The molecule has 0 heterocycles. The van der Waals surface area contributed by atoms with E-state index < -0.39 is 11.6 Å².